The molecule has 1 atom stereocenters. The second-order valence-electron chi connectivity index (χ2n) is 4.73. The number of nitrogens with one attached hydrogen (secondary N) is 2. The molecular weight excluding hydrogens is 184 g/mol. The molecule has 0 amide bonds. The zero-order valence-electron chi connectivity index (χ0n) is 9.05. The molecule has 1 fully saturated rings. The highest BCUT2D eigenvalue weighted by Gasteiger charge is 2.36. The van der Waals surface area contributed by atoms with Crippen molar-refractivity contribution in [1.29, 1.82) is 0 Å². The van der Waals surface area contributed by atoms with E-state index in [9.17, 15) is 0 Å². The van der Waals surface area contributed by atoms with Crippen molar-refractivity contribution in [3.63, 3.8) is 0 Å². The van der Waals surface area contributed by atoms with E-state index >= 15 is 0 Å². The Labute approximate surface area is 91.1 Å². The number of hydrogen-bond donors (Lipinski definition) is 2. The normalized spacial score (nSPS) is 30.1. The first-order valence-corrected chi connectivity index (χ1v) is 5.95. The van der Waals surface area contributed by atoms with Crippen LogP contribution in [0.1, 0.15) is 30.4 Å². The molecule has 15 heavy (non-hydrogen) atoms. The number of piperidine rings is 1. The molecule has 2 nitrogen and oxygen atoms in total. The van der Waals surface area contributed by atoms with Crippen LogP contribution in [0, 0.1) is 0 Å². The van der Waals surface area contributed by atoms with Crippen molar-refractivity contribution < 1.29 is 0 Å². The molecule has 0 aromatic heterocycles. The van der Waals surface area contributed by atoms with Gasteiger partial charge in [-0.05, 0) is 36.9 Å². The van der Waals surface area contributed by atoms with Gasteiger partial charge in [0, 0.05) is 13.1 Å². The van der Waals surface area contributed by atoms with Gasteiger partial charge in [0.25, 0.3) is 0 Å². The molecule has 3 rings (SSSR count). The van der Waals surface area contributed by atoms with Crippen LogP contribution in [0.4, 0.5) is 0 Å². The molecule has 2 N–H and O–H groups in total. The summed E-state index contributed by atoms with van der Waals surface area (Å²) in [7, 11) is 0. The maximum absolute atomic E-state index is 3.73. The molecule has 2 heteroatoms. The number of rotatable bonds is 0. The van der Waals surface area contributed by atoms with Gasteiger partial charge in [0.1, 0.15) is 0 Å². The van der Waals surface area contributed by atoms with Crippen molar-refractivity contribution in [2.75, 3.05) is 13.1 Å². The lowest BCUT2D eigenvalue weighted by Gasteiger charge is -2.43. The molecule has 2 aliphatic heterocycles. The summed E-state index contributed by atoms with van der Waals surface area (Å²) in [6.07, 6.45) is 3.95. The van der Waals surface area contributed by atoms with Crippen LogP contribution in [0.15, 0.2) is 24.3 Å². The topological polar surface area (TPSA) is 24.1 Å². The summed E-state index contributed by atoms with van der Waals surface area (Å²) in [5, 5.41) is 7.27. The predicted octanol–water partition coefficient (Wildman–Crippen LogP) is 1.76. The Balaban J connectivity index is 2.04. The summed E-state index contributed by atoms with van der Waals surface area (Å²) in [5.41, 5.74) is 3.23. The van der Waals surface area contributed by atoms with E-state index in [2.05, 4.69) is 34.9 Å². The fraction of sp³-hybridized carbons (Fsp3) is 0.538. The third-order valence-electron chi connectivity index (χ3n) is 3.77. The van der Waals surface area contributed by atoms with Gasteiger partial charge >= 0.3 is 0 Å². The van der Waals surface area contributed by atoms with Gasteiger partial charge in [-0.3, -0.25) is 0 Å². The fourth-order valence-electron chi connectivity index (χ4n) is 3.00. The lowest BCUT2D eigenvalue weighted by atomic mass is 9.78. The monoisotopic (exact) mass is 202 g/mol. The van der Waals surface area contributed by atoms with Crippen molar-refractivity contribution in [3.8, 4) is 0 Å². The van der Waals surface area contributed by atoms with Crippen LogP contribution in [0.3, 0.4) is 0 Å². The van der Waals surface area contributed by atoms with Crippen molar-refractivity contribution in [2.24, 2.45) is 0 Å². The maximum atomic E-state index is 3.73. The average molecular weight is 202 g/mol. The third kappa shape index (κ3) is 1.48. The zero-order valence-corrected chi connectivity index (χ0v) is 9.05. The average Bonchev–Trinajstić information content (AvgIpc) is 2.31. The number of benzene rings is 1. The molecular formula is C13H18N2. The highest BCUT2D eigenvalue weighted by Crippen LogP contribution is 2.34. The first-order chi connectivity index (χ1) is 7.41. The SMILES string of the molecule is c1ccc2c(c1)CNCC21CCCCN1. The lowest BCUT2D eigenvalue weighted by molar-refractivity contribution is 0.232. The van der Waals surface area contributed by atoms with E-state index in [-0.39, 0.29) is 5.54 Å². The van der Waals surface area contributed by atoms with Crippen LogP contribution < -0.4 is 10.6 Å². The smallest absolute Gasteiger partial charge is 0.0564 e. The summed E-state index contributed by atoms with van der Waals surface area (Å²) >= 11 is 0. The standard InChI is InChI=1S/C13H18N2/c1-2-6-12-11(5-1)9-14-10-13(12)7-3-4-8-15-13/h1-2,5-6,14-15H,3-4,7-10H2. The Morgan fingerprint density at radius 1 is 1.13 bits per heavy atom. The van der Waals surface area contributed by atoms with Crippen LogP contribution in [-0.4, -0.2) is 13.1 Å². The molecule has 0 aliphatic carbocycles. The summed E-state index contributed by atoms with van der Waals surface area (Å²) in [6.45, 7) is 3.28. The molecule has 0 bridgehead atoms. The predicted molar refractivity (Wildman–Crippen MR) is 61.7 cm³/mol. The molecule has 1 aromatic rings. The third-order valence-corrected chi connectivity index (χ3v) is 3.77. The molecule has 1 saturated heterocycles. The molecule has 80 valence electrons. The highest BCUT2D eigenvalue weighted by molar-refractivity contribution is 5.36. The van der Waals surface area contributed by atoms with Crippen molar-refractivity contribution in [2.45, 2.75) is 31.3 Å². The van der Waals surface area contributed by atoms with E-state index in [0.29, 0.717) is 0 Å². The summed E-state index contributed by atoms with van der Waals surface area (Å²) in [4.78, 5) is 0. The van der Waals surface area contributed by atoms with Crippen molar-refractivity contribution in [3.05, 3.63) is 35.4 Å². The minimum atomic E-state index is 0.229. The Bertz CT molecular complexity index is 353. The van der Waals surface area contributed by atoms with E-state index < -0.39 is 0 Å². The van der Waals surface area contributed by atoms with Gasteiger partial charge in [-0.1, -0.05) is 24.3 Å². The summed E-state index contributed by atoms with van der Waals surface area (Å²) < 4.78 is 0. The Kier molecular flexibility index (Phi) is 2.26. The van der Waals surface area contributed by atoms with Gasteiger partial charge in [0.15, 0.2) is 0 Å². The van der Waals surface area contributed by atoms with Crippen molar-refractivity contribution in [1.82, 2.24) is 10.6 Å². The van der Waals surface area contributed by atoms with Crippen LogP contribution in [0.25, 0.3) is 0 Å². The molecule has 2 aliphatic rings. The second kappa shape index (κ2) is 3.62. The summed E-state index contributed by atoms with van der Waals surface area (Å²) in [5.74, 6) is 0. The Morgan fingerprint density at radius 2 is 2.07 bits per heavy atom. The van der Waals surface area contributed by atoms with Gasteiger partial charge in [0.2, 0.25) is 0 Å². The van der Waals surface area contributed by atoms with Gasteiger partial charge in [-0.15, -0.1) is 0 Å². The molecule has 2 heterocycles. The first-order valence-electron chi connectivity index (χ1n) is 5.95. The van der Waals surface area contributed by atoms with Crippen molar-refractivity contribution >= 4 is 0 Å². The minimum Gasteiger partial charge on any atom is -0.310 e. The van der Waals surface area contributed by atoms with E-state index in [1.54, 1.807) is 0 Å². The first kappa shape index (κ1) is 9.37. The van der Waals surface area contributed by atoms with Gasteiger partial charge in [-0.25, -0.2) is 0 Å². The van der Waals surface area contributed by atoms with Crippen LogP contribution in [0.5, 0.6) is 0 Å². The quantitative estimate of drug-likeness (QED) is 0.670. The highest BCUT2D eigenvalue weighted by atomic mass is 15.1. The summed E-state index contributed by atoms with van der Waals surface area (Å²) in [6, 6.07) is 8.86. The molecule has 0 saturated carbocycles. The van der Waals surface area contributed by atoms with E-state index in [1.165, 1.54) is 30.4 Å². The fourth-order valence-corrected chi connectivity index (χ4v) is 3.00. The Morgan fingerprint density at radius 3 is 2.93 bits per heavy atom. The van der Waals surface area contributed by atoms with Gasteiger partial charge in [0.05, 0.1) is 5.54 Å². The van der Waals surface area contributed by atoms with Gasteiger partial charge < -0.3 is 10.6 Å². The van der Waals surface area contributed by atoms with Gasteiger partial charge in [-0.2, -0.15) is 0 Å². The largest absolute Gasteiger partial charge is 0.310 e. The lowest BCUT2D eigenvalue weighted by Crippen LogP contribution is -2.55. The molecule has 0 radical (unpaired) electrons. The molecule has 1 spiro atoms. The minimum absolute atomic E-state index is 0.229. The number of hydrogen-bond acceptors (Lipinski definition) is 2. The molecule has 1 unspecified atom stereocenters. The van der Waals surface area contributed by atoms with Crippen LogP contribution in [-0.2, 0) is 12.1 Å². The van der Waals surface area contributed by atoms with E-state index in [0.717, 1.165) is 19.6 Å². The maximum Gasteiger partial charge on any atom is 0.0564 e. The Hall–Kier alpha value is -0.860. The zero-order chi connectivity index (χ0) is 10.1. The van der Waals surface area contributed by atoms with Crippen LogP contribution >= 0.6 is 0 Å². The van der Waals surface area contributed by atoms with Crippen LogP contribution in [0.2, 0.25) is 0 Å². The van der Waals surface area contributed by atoms with E-state index in [1.807, 2.05) is 0 Å². The molecule has 1 aromatic carbocycles. The second-order valence-corrected chi connectivity index (χ2v) is 4.73. The number of fused-ring (bicyclic) bond motifs is 2. The van der Waals surface area contributed by atoms with E-state index in [4.69, 9.17) is 0 Å².